The van der Waals surface area contributed by atoms with Crippen molar-refractivity contribution < 1.29 is 14.3 Å². The van der Waals surface area contributed by atoms with Gasteiger partial charge in [0.1, 0.15) is 11.4 Å². The molecule has 1 heterocycles. The number of pyridine rings is 1. The summed E-state index contributed by atoms with van der Waals surface area (Å²) in [6.45, 7) is 4.00. The molecule has 0 fully saturated rings. The summed E-state index contributed by atoms with van der Waals surface area (Å²) in [4.78, 5) is 25.9. The first kappa shape index (κ1) is 14.8. The molecule has 1 N–H and O–H groups in total. The lowest BCUT2D eigenvalue weighted by molar-refractivity contribution is 0.0594. The van der Waals surface area contributed by atoms with Gasteiger partial charge in [-0.15, -0.1) is 0 Å². The number of esters is 1. The van der Waals surface area contributed by atoms with Crippen molar-refractivity contribution >= 4 is 16.9 Å². The fourth-order valence-corrected chi connectivity index (χ4v) is 1.58. The van der Waals surface area contributed by atoms with Gasteiger partial charge in [0.25, 0.3) is 0 Å². The molecule has 102 valence electrons. The van der Waals surface area contributed by atoms with Crippen molar-refractivity contribution in [3.8, 4) is 5.75 Å². The summed E-state index contributed by atoms with van der Waals surface area (Å²) < 4.78 is 9.61. The van der Waals surface area contributed by atoms with Crippen LogP contribution in [0.2, 0.25) is 0 Å². The van der Waals surface area contributed by atoms with Gasteiger partial charge in [-0.05, 0) is 12.1 Å². The number of aromatic amines is 1. The van der Waals surface area contributed by atoms with E-state index in [1.165, 1.54) is 20.3 Å². The SMILES string of the molecule is CC.COC(=O)c1cc(=O)c2ccc(OC)cc2[nH]1. The topological polar surface area (TPSA) is 68.4 Å². The van der Waals surface area contributed by atoms with Crippen LogP contribution in [0.4, 0.5) is 0 Å². The molecule has 0 bridgehead atoms. The van der Waals surface area contributed by atoms with Gasteiger partial charge in [0.05, 0.1) is 19.7 Å². The standard InChI is InChI=1S/C12H11NO4.C2H6/c1-16-7-3-4-8-9(5-7)13-10(6-11(8)14)12(15)17-2;1-2/h3-6H,1-2H3,(H,13,14);1-2H3. The Kier molecular flexibility index (Phi) is 5.11. The number of nitrogens with one attached hydrogen (secondary N) is 1. The number of carbonyl (C=O) groups is 1. The van der Waals surface area contributed by atoms with Crippen LogP contribution in [-0.4, -0.2) is 25.2 Å². The molecule has 19 heavy (non-hydrogen) atoms. The normalized spacial score (nSPS) is 9.47. The number of benzene rings is 1. The lowest BCUT2D eigenvalue weighted by Gasteiger charge is -2.04. The third kappa shape index (κ3) is 3.13. The second-order valence-corrected chi connectivity index (χ2v) is 3.45. The van der Waals surface area contributed by atoms with Gasteiger partial charge >= 0.3 is 5.97 Å². The Hall–Kier alpha value is -2.30. The van der Waals surface area contributed by atoms with Crippen LogP contribution in [0, 0.1) is 0 Å². The van der Waals surface area contributed by atoms with Gasteiger partial charge in [-0.2, -0.15) is 0 Å². The van der Waals surface area contributed by atoms with Crippen molar-refractivity contribution in [1.29, 1.82) is 0 Å². The number of carbonyl (C=O) groups excluding carboxylic acids is 1. The minimum Gasteiger partial charge on any atom is -0.497 e. The highest BCUT2D eigenvalue weighted by Crippen LogP contribution is 2.16. The zero-order chi connectivity index (χ0) is 14.4. The van der Waals surface area contributed by atoms with Crippen LogP contribution in [0.3, 0.4) is 0 Å². The quantitative estimate of drug-likeness (QED) is 0.844. The molecule has 5 nitrogen and oxygen atoms in total. The van der Waals surface area contributed by atoms with E-state index in [2.05, 4.69) is 9.72 Å². The zero-order valence-electron chi connectivity index (χ0n) is 11.4. The van der Waals surface area contributed by atoms with Crippen LogP contribution in [0.5, 0.6) is 5.75 Å². The average molecular weight is 263 g/mol. The van der Waals surface area contributed by atoms with Crippen molar-refractivity contribution in [2.45, 2.75) is 13.8 Å². The summed E-state index contributed by atoms with van der Waals surface area (Å²) >= 11 is 0. The second-order valence-electron chi connectivity index (χ2n) is 3.45. The largest absolute Gasteiger partial charge is 0.497 e. The van der Waals surface area contributed by atoms with E-state index in [0.717, 1.165) is 0 Å². The number of ether oxygens (including phenoxy) is 2. The number of methoxy groups -OCH3 is 2. The van der Waals surface area contributed by atoms with E-state index in [1.54, 1.807) is 18.2 Å². The predicted octanol–water partition coefficient (Wildman–Crippen LogP) is 2.35. The second kappa shape index (κ2) is 6.58. The Morgan fingerprint density at radius 1 is 1.16 bits per heavy atom. The minimum atomic E-state index is -0.577. The lowest BCUT2D eigenvalue weighted by atomic mass is 10.2. The van der Waals surface area contributed by atoms with Gasteiger partial charge in [0.15, 0.2) is 5.43 Å². The number of H-pyrrole nitrogens is 1. The number of aromatic nitrogens is 1. The molecular formula is C14H17NO4. The molecule has 1 aromatic carbocycles. The van der Waals surface area contributed by atoms with E-state index in [9.17, 15) is 9.59 Å². The Morgan fingerprint density at radius 2 is 1.84 bits per heavy atom. The molecule has 0 spiro atoms. The van der Waals surface area contributed by atoms with Crippen LogP contribution < -0.4 is 10.2 Å². The minimum absolute atomic E-state index is 0.123. The van der Waals surface area contributed by atoms with Crippen molar-refractivity contribution in [3.05, 3.63) is 40.2 Å². The van der Waals surface area contributed by atoms with E-state index in [-0.39, 0.29) is 11.1 Å². The molecule has 0 aliphatic heterocycles. The summed E-state index contributed by atoms with van der Waals surface area (Å²) in [6.07, 6.45) is 0. The van der Waals surface area contributed by atoms with Crippen LogP contribution in [0.15, 0.2) is 29.1 Å². The maximum Gasteiger partial charge on any atom is 0.354 e. The van der Waals surface area contributed by atoms with Crippen LogP contribution >= 0.6 is 0 Å². The van der Waals surface area contributed by atoms with Crippen molar-refractivity contribution in [3.63, 3.8) is 0 Å². The maximum absolute atomic E-state index is 11.8. The number of fused-ring (bicyclic) bond motifs is 1. The van der Waals surface area contributed by atoms with Crippen molar-refractivity contribution in [2.75, 3.05) is 14.2 Å². The van der Waals surface area contributed by atoms with E-state index in [1.807, 2.05) is 13.8 Å². The van der Waals surface area contributed by atoms with Gasteiger partial charge in [-0.3, -0.25) is 4.79 Å². The fraction of sp³-hybridized carbons (Fsp3) is 0.286. The van der Waals surface area contributed by atoms with Gasteiger partial charge in [-0.25, -0.2) is 4.79 Å². The van der Waals surface area contributed by atoms with Crippen LogP contribution in [0.25, 0.3) is 10.9 Å². The van der Waals surface area contributed by atoms with E-state index < -0.39 is 5.97 Å². The third-order valence-corrected chi connectivity index (χ3v) is 2.44. The predicted molar refractivity (Wildman–Crippen MR) is 73.8 cm³/mol. The number of hydrogen-bond donors (Lipinski definition) is 1. The first-order valence-electron chi connectivity index (χ1n) is 5.95. The molecular weight excluding hydrogens is 246 g/mol. The molecule has 0 radical (unpaired) electrons. The number of rotatable bonds is 2. The van der Waals surface area contributed by atoms with Crippen LogP contribution in [0.1, 0.15) is 24.3 Å². The van der Waals surface area contributed by atoms with Gasteiger partial charge in [0, 0.05) is 17.5 Å². The Bertz CT molecular complexity index is 631. The molecule has 0 aliphatic carbocycles. The molecule has 2 aromatic rings. The molecule has 0 amide bonds. The van der Waals surface area contributed by atoms with Crippen molar-refractivity contribution in [1.82, 2.24) is 4.98 Å². The molecule has 1 aromatic heterocycles. The highest BCUT2D eigenvalue weighted by atomic mass is 16.5. The summed E-state index contributed by atoms with van der Waals surface area (Å²) in [5, 5.41) is 0.499. The average Bonchev–Trinajstić information content (AvgIpc) is 2.47. The zero-order valence-corrected chi connectivity index (χ0v) is 11.4. The summed E-state index contributed by atoms with van der Waals surface area (Å²) in [7, 11) is 2.79. The fourth-order valence-electron chi connectivity index (χ4n) is 1.58. The Balaban J connectivity index is 0.000000861. The monoisotopic (exact) mass is 263 g/mol. The summed E-state index contributed by atoms with van der Waals surface area (Å²) in [5.41, 5.74) is 0.428. The third-order valence-electron chi connectivity index (χ3n) is 2.44. The van der Waals surface area contributed by atoms with Crippen LogP contribution in [-0.2, 0) is 4.74 Å². The summed E-state index contributed by atoms with van der Waals surface area (Å²) in [5.74, 6) is 0.0296. The Labute approximate surface area is 111 Å². The highest BCUT2D eigenvalue weighted by molar-refractivity contribution is 5.91. The van der Waals surface area contributed by atoms with E-state index in [4.69, 9.17) is 4.74 Å². The molecule has 0 unspecified atom stereocenters. The maximum atomic E-state index is 11.8. The molecule has 0 aliphatic rings. The first-order valence-corrected chi connectivity index (χ1v) is 5.95. The summed E-state index contributed by atoms with van der Waals surface area (Å²) in [6, 6.07) is 6.22. The van der Waals surface area contributed by atoms with E-state index in [0.29, 0.717) is 16.7 Å². The molecule has 2 rings (SSSR count). The first-order chi connectivity index (χ1) is 9.15. The van der Waals surface area contributed by atoms with Gasteiger partial charge < -0.3 is 14.5 Å². The van der Waals surface area contributed by atoms with Gasteiger partial charge in [-0.1, -0.05) is 13.8 Å². The lowest BCUT2D eigenvalue weighted by Crippen LogP contribution is -2.11. The smallest absolute Gasteiger partial charge is 0.354 e. The Morgan fingerprint density at radius 3 is 2.42 bits per heavy atom. The molecule has 0 saturated carbocycles. The molecule has 5 heteroatoms. The van der Waals surface area contributed by atoms with Crippen molar-refractivity contribution in [2.24, 2.45) is 0 Å². The van der Waals surface area contributed by atoms with E-state index >= 15 is 0 Å². The van der Waals surface area contributed by atoms with Gasteiger partial charge in [0.2, 0.25) is 0 Å². The molecule has 0 atom stereocenters. The molecule has 0 saturated heterocycles. The number of hydrogen-bond acceptors (Lipinski definition) is 4. The highest BCUT2D eigenvalue weighted by Gasteiger charge is 2.09.